The van der Waals surface area contributed by atoms with Crippen molar-refractivity contribution >= 4 is 21.9 Å². The Labute approximate surface area is 115 Å². The second kappa shape index (κ2) is 4.67. The number of piperidine rings is 1. The second-order valence-corrected chi connectivity index (χ2v) is 6.23. The third-order valence-corrected chi connectivity index (χ3v) is 4.93. The first kappa shape index (κ1) is 12.2. The van der Waals surface area contributed by atoms with Gasteiger partial charge in [-0.2, -0.15) is 0 Å². The van der Waals surface area contributed by atoms with Crippen molar-refractivity contribution in [1.82, 2.24) is 4.90 Å². The van der Waals surface area contributed by atoms with Gasteiger partial charge < -0.3 is 5.11 Å². The van der Waals surface area contributed by atoms with E-state index in [0.29, 0.717) is 5.56 Å². The van der Waals surface area contributed by atoms with Gasteiger partial charge in [-0.25, -0.2) is 4.79 Å². The van der Waals surface area contributed by atoms with Crippen molar-refractivity contribution in [3.05, 3.63) is 33.8 Å². The van der Waals surface area contributed by atoms with E-state index in [9.17, 15) is 4.79 Å². The minimum absolute atomic E-state index is 0.341. The molecule has 0 spiro atoms. The van der Waals surface area contributed by atoms with Gasteiger partial charge in [0.15, 0.2) is 0 Å². The Morgan fingerprint density at radius 2 is 2.28 bits per heavy atom. The van der Waals surface area contributed by atoms with Crippen molar-refractivity contribution < 1.29 is 9.90 Å². The Morgan fingerprint density at radius 1 is 1.44 bits per heavy atom. The SMILES string of the molecule is O=C(O)c1ccc(CN2CC3CCC2C3)c(Br)c1. The zero-order valence-corrected chi connectivity index (χ0v) is 11.7. The Morgan fingerprint density at radius 3 is 2.83 bits per heavy atom. The number of carbonyl (C=O) groups is 1. The summed E-state index contributed by atoms with van der Waals surface area (Å²) in [6.07, 6.45) is 4.07. The van der Waals surface area contributed by atoms with Crippen LogP contribution in [0.3, 0.4) is 0 Å². The van der Waals surface area contributed by atoms with Crippen LogP contribution in [0.5, 0.6) is 0 Å². The van der Waals surface area contributed by atoms with Crippen LogP contribution in [-0.4, -0.2) is 28.6 Å². The van der Waals surface area contributed by atoms with Gasteiger partial charge in [0.1, 0.15) is 0 Å². The molecule has 0 aromatic heterocycles. The van der Waals surface area contributed by atoms with Crippen LogP contribution in [0.2, 0.25) is 0 Å². The molecule has 3 nitrogen and oxygen atoms in total. The van der Waals surface area contributed by atoms with Crippen LogP contribution in [0.25, 0.3) is 0 Å². The van der Waals surface area contributed by atoms with Crippen LogP contribution in [-0.2, 0) is 6.54 Å². The van der Waals surface area contributed by atoms with Crippen LogP contribution in [0.4, 0.5) is 0 Å². The standard InChI is InChI=1S/C14H16BrNO2/c15-13-6-10(14(17)18)2-3-11(13)8-16-7-9-1-4-12(16)5-9/h2-3,6,9,12H,1,4-5,7-8H2,(H,17,18). The number of rotatable bonds is 3. The van der Waals surface area contributed by atoms with Crippen LogP contribution < -0.4 is 0 Å². The van der Waals surface area contributed by atoms with Crippen LogP contribution in [0, 0.1) is 5.92 Å². The van der Waals surface area contributed by atoms with Crippen molar-refractivity contribution in [3.63, 3.8) is 0 Å². The van der Waals surface area contributed by atoms with Gasteiger partial charge in [-0.1, -0.05) is 22.0 Å². The van der Waals surface area contributed by atoms with E-state index in [1.54, 1.807) is 12.1 Å². The summed E-state index contributed by atoms with van der Waals surface area (Å²) in [5.41, 5.74) is 1.53. The fourth-order valence-electron chi connectivity index (χ4n) is 3.25. The Balaban J connectivity index is 1.75. The third kappa shape index (κ3) is 2.19. The number of benzene rings is 1. The smallest absolute Gasteiger partial charge is 0.335 e. The van der Waals surface area contributed by atoms with Crippen molar-refractivity contribution in [1.29, 1.82) is 0 Å². The van der Waals surface area contributed by atoms with Crippen molar-refractivity contribution in [2.75, 3.05) is 6.54 Å². The molecular weight excluding hydrogens is 294 g/mol. The van der Waals surface area contributed by atoms with Gasteiger partial charge in [0.2, 0.25) is 0 Å². The van der Waals surface area contributed by atoms with E-state index in [0.717, 1.165) is 23.0 Å². The molecule has 1 aromatic carbocycles. The summed E-state index contributed by atoms with van der Waals surface area (Å²) < 4.78 is 0.908. The minimum atomic E-state index is -0.873. The average Bonchev–Trinajstić information content (AvgIpc) is 2.93. The molecule has 96 valence electrons. The van der Waals surface area contributed by atoms with Gasteiger partial charge >= 0.3 is 5.97 Å². The van der Waals surface area contributed by atoms with E-state index in [2.05, 4.69) is 20.8 Å². The van der Waals surface area contributed by atoms with E-state index in [1.165, 1.54) is 31.4 Å². The molecule has 2 aliphatic rings. The van der Waals surface area contributed by atoms with Crippen LogP contribution in [0.15, 0.2) is 22.7 Å². The lowest BCUT2D eigenvalue weighted by Crippen LogP contribution is -2.31. The number of nitrogens with zero attached hydrogens (tertiary/aromatic N) is 1. The lowest BCUT2D eigenvalue weighted by molar-refractivity contribution is 0.0697. The minimum Gasteiger partial charge on any atom is -0.478 e. The predicted molar refractivity (Wildman–Crippen MR) is 72.6 cm³/mol. The molecule has 1 N–H and O–H groups in total. The fraction of sp³-hybridized carbons (Fsp3) is 0.500. The topological polar surface area (TPSA) is 40.5 Å². The predicted octanol–water partition coefficient (Wildman–Crippen LogP) is 3.13. The normalized spacial score (nSPS) is 26.7. The molecule has 1 aliphatic carbocycles. The summed E-state index contributed by atoms with van der Waals surface area (Å²) in [7, 11) is 0. The third-order valence-electron chi connectivity index (χ3n) is 4.20. The van der Waals surface area contributed by atoms with Gasteiger partial charge in [-0.3, -0.25) is 4.90 Å². The zero-order valence-electron chi connectivity index (χ0n) is 10.1. The van der Waals surface area contributed by atoms with Crippen LogP contribution >= 0.6 is 15.9 Å². The quantitative estimate of drug-likeness (QED) is 0.932. The lowest BCUT2D eigenvalue weighted by atomic mass is 10.1. The number of aromatic carboxylic acids is 1. The summed E-state index contributed by atoms with van der Waals surface area (Å²) in [6, 6.07) is 6.07. The summed E-state index contributed by atoms with van der Waals surface area (Å²) in [5.74, 6) is 0.0227. The maximum Gasteiger partial charge on any atom is 0.335 e. The first-order valence-corrected chi connectivity index (χ1v) is 7.18. The van der Waals surface area contributed by atoms with E-state index in [1.807, 2.05) is 6.07 Å². The van der Waals surface area contributed by atoms with Crippen LogP contribution in [0.1, 0.15) is 35.2 Å². The number of likely N-dealkylation sites (tertiary alicyclic amines) is 1. The molecule has 4 heteroatoms. The molecule has 1 aliphatic heterocycles. The molecule has 2 bridgehead atoms. The number of hydrogen-bond donors (Lipinski definition) is 1. The van der Waals surface area contributed by atoms with E-state index >= 15 is 0 Å². The summed E-state index contributed by atoms with van der Waals surface area (Å²) >= 11 is 3.49. The maximum atomic E-state index is 10.9. The van der Waals surface area contributed by atoms with Gasteiger partial charge in [-0.05, 0) is 42.9 Å². The van der Waals surface area contributed by atoms with E-state index in [-0.39, 0.29) is 0 Å². The molecule has 1 heterocycles. The highest BCUT2D eigenvalue weighted by molar-refractivity contribution is 9.10. The monoisotopic (exact) mass is 309 g/mol. The molecule has 2 atom stereocenters. The molecule has 1 aromatic rings. The number of fused-ring (bicyclic) bond motifs is 2. The molecule has 1 saturated carbocycles. The molecule has 2 unspecified atom stereocenters. The fourth-order valence-corrected chi connectivity index (χ4v) is 3.75. The summed E-state index contributed by atoms with van der Waals surface area (Å²) in [5, 5.41) is 8.94. The number of carboxylic acids is 1. The Hall–Kier alpha value is -0.870. The molecule has 2 fully saturated rings. The number of hydrogen-bond acceptors (Lipinski definition) is 2. The average molecular weight is 310 g/mol. The van der Waals surface area contributed by atoms with Gasteiger partial charge in [0.05, 0.1) is 5.56 Å². The van der Waals surface area contributed by atoms with E-state index in [4.69, 9.17) is 5.11 Å². The first-order chi connectivity index (χ1) is 8.63. The van der Waals surface area contributed by atoms with Gasteiger partial charge in [0, 0.05) is 23.6 Å². The maximum absolute atomic E-state index is 10.9. The molecule has 0 radical (unpaired) electrons. The highest BCUT2D eigenvalue weighted by Gasteiger charge is 2.37. The van der Waals surface area contributed by atoms with Gasteiger partial charge in [-0.15, -0.1) is 0 Å². The zero-order chi connectivity index (χ0) is 12.7. The lowest BCUT2D eigenvalue weighted by Gasteiger charge is -2.27. The largest absolute Gasteiger partial charge is 0.478 e. The molecule has 1 saturated heterocycles. The highest BCUT2D eigenvalue weighted by Crippen LogP contribution is 2.38. The molecule has 18 heavy (non-hydrogen) atoms. The van der Waals surface area contributed by atoms with Crippen molar-refractivity contribution in [3.8, 4) is 0 Å². The van der Waals surface area contributed by atoms with Crippen molar-refractivity contribution in [2.45, 2.75) is 31.8 Å². The highest BCUT2D eigenvalue weighted by atomic mass is 79.9. The molecular formula is C14H16BrNO2. The summed E-state index contributed by atoms with van der Waals surface area (Å²) in [4.78, 5) is 13.4. The Kier molecular flexibility index (Phi) is 3.16. The second-order valence-electron chi connectivity index (χ2n) is 5.37. The Bertz CT molecular complexity index is 489. The van der Waals surface area contributed by atoms with E-state index < -0.39 is 5.97 Å². The summed E-state index contributed by atoms with van der Waals surface area (Å²) in [6.45, 7) is 2.14. The first-order valence-electron chi connectivity index (χ1n) is 6.39. The van der Waals surface area contributed by atoms with Gasteiger partial charge in [0.25, 0.3) is 0 Å². The number of carboxylic acid groups (broad SMARTS) is 1. The molecule has 3 rings (SSSR count). The number of halogens is 1. The van der Waals surface area contributed by atoms with Crippen molar-refractivity contribution in [2.24, 2.45) is 5.92 Å². The molecule has 0 amide bonds.